The summed E-state index contributed by atoms with van der Waals surface area (Å²) in [6.07, 6.45) is -1.51. The standard InChI is InChI=1S/C22H23F3O5/c1-29-21-11-6-16(20(28)10-7-18(27)12-13-26)14-17(21)5-2-15-3-8-19(9-4-15)30-22(23,24)25/h2-6,8-9,11,14,18,26-27H,7,10,12-13H2,1H3/b5-2+. The van der Waals surface area contributed by atoms with E-state index in [1.54, 1.807) is 30.4 Å². The van der Waals surface area contributed by atoms with Gasteiger partial charge in [0.15, 0.2) is 5.78 Å². The molecule has 162 valence electrons. The summed E-state index contributed by atoms with van der Waals surface area (Å²) >= 11 is 0. The number of benzene rings is 2. The van der Waals surface area contributed by atoms with Crippen molar-refractivity contribution in [1.82, 2.24) is 0 Å². The highest BCUT2D eigenvalue weighted by molar-refractivity contribution is 5.97. The normalized spacial score (nSPS) is 12.7. The molecule has 0 fully saturated rings. The van der Waals surface area contributed by atoms with E-state index < -0.39 is 12.5 Å². The van der Waals surface area contributed by atoms with E-state index in [4.69, 9.17) is 9.84 Å². The zero-order valence-corrected chi connectivity index (χ0v) is 16.4. The van der Waals surface area contributed by atoms with Crippen LogP contribution in [0.25, 0.3) is 12.2 Å². The summed E-state index contributed by atoms with van der Waals surface area (Å²) in [6.45, 7) is -0.143. The van der Waals surface area contributed by atoms with Crippen molar-refractivity contribution in [3.63, 3.8) is 0 Å². The van der Waals surface area contributed by atoms with Gasteiger partial charge in [-0.25, -0.2) is 0 Å². The Bertz CT molecular complexity index is 860. The molecule has 0 aliphatic heterocycles. The average molecular weight is 424 g/mol. The van der Waals surface area contributed by atoms with Gasteiger partial charge in [0.2, 0.25) is 0 Å². The molecule has 0 spiro atoms. The highest BCUT2D eigenvalue weighted by Gasteiger charge is 2.30. The molecule has 0 aromatic heterocycles. The van der Waals surface area contributed by atoms with E-state index in [1.807, 2.05) is 0 Å². The van der Waals surface area contributed by atoms with Crippen LogP contribution in [0.3, 0.4) is 0 Å². The first-order valence-corrected chi connectivity index (χ1v) is 9.26. The lowest BCUT2D eigenvalue weighted by molar-refractivity contribution is -0.274. The van der Waals surface area contributed by atoms with Crippen molar-refractivity contribution in [2.24, 2.45) is 0 Å². The van der Waals surface area contributed by atoms with Gasteiger partial charge in [-0.15, -0.1) is 13.2 Å². The van der Waals surface area contributed by atoms with Crippen LogP contribution in [0.5, 0.6) is 11.5 Å². The second-order valence-electron chi connectivity index (χ2n) is 6.53. The van der Waals surface area contributed by atoms with Crippen molar-refractivity contribution in [3.05, 3.63) is 59.2 Å². The van der Waals surface area contributed by atoms with Crippen LogP contribution in [0.1, 0.15) is 40.7 Å². The average Bonchev–Trinajstić information content (AvgIpc) is 2.70. The van der Waals surface area contributed by atoms with Gasteiger partial charge in [-0.1, -0.05) is 24.3 Å². The Balaban J connectivity index is 2.12. The van der Waals surface area contributed by atoms with Crippen molar-refractivity contribution < 1.29 is 37.7 Å². The number of hydrogen-bond donors (Lipinski definition) is 2. The smallest absolute Gasteiger partial charge is 0.496 e. The highest BCUT2D eigenvalue weighted by Crippen LogP contribution is 2.25. The molecule has 2 rings (SSSR count). The fraction of sp³-hybridized carbons (Fsp3) is 0.318. The van der Waals surface area contributed by atoms with E-state index in [-0.39, 0.29) is 37.4 Å². The fourth-order valence-corrected chi connectivity index (χ4v) is 2.74. The van der Waals surface area contributed by atoms with Crippen LogP contribution in [0, 0.1) is 0 Å². The topological polar surface area (TPSA) is 76.0 Å². The number of alkyl halides is 3. The molecule has 2 aromatic rings. The Morgan fingerprint density at radius 3 is 2.40 bits per heavy atom. The zero-order valence-electron chi connectivity index (χ0n) is 16.4. The number of aliphatic hydroxyl groups excluding tert-OH is 2. The molecule has 0 heterocycles. The van der Waals surface area contributed by atoms with Crippen molar-refractivity contribution in [2.75, 3.05) is 13.7 Å². The summed E-state index contributed by atoms with van der Waals surface area (Å²) in [5.74, 6) is 0.0614. The molecule has 0 amide bonds. The lowest BCUT2D eigenvalue weighted by atomic mass is 10.0. The second-order valence-corrected chi connectivity index (χ2v) is 6.53. The monoisotopic (exact) mass is 424 g/mol. The second kappa shape index (κ2) is 10.8. The number of ether oxygens (including phenoxy) is 2. The van der Waals surface area contributed by atoms with Crippen LogP contribution < -0.4 is 9.47 Å². The maximum Gasteiger partial charge on any atom is 0.573 e. The SMILES string of the molecule is COc1ccc(C(=O)CCC(O)CCO)cc1/C=C/c1ccc(OC(F)(F)F)cc1. The quantitative estimate of drug-likeness (QED) is 0.435. The van der Waals surface area contributed by atoms with E-state index in [0.717, 1.165) is 0 Å². The van der Waals surface area contributed by atoms with Gasteiger partial charge < -0.3 is 19.7 Å². The Morgan fingerprint density at radius 1 is 1.10 bits per heavy atom. The molecule has 0 radical (unpaired) electrons. The summed E-state index contributed by atoms with van der Waals surface area (Å²) in [5.41, 5.74) is 1.70. The molecule has 8 heteroatoms. The van der Waals surface area contributed by atoms with Crippen LogP contribution in [-0.4, -0.2) is 42.2 Å². The molecule has 1 atom stereocenters. The lowest BCUT2D eigenvalue weighted by Crippen LogP contribution is -2.16. The van der Waals surface area contributed by atoms with E-state index in [0.29, 0.717) is 22.4 Å². The van der Waals surface area contributed by atoms with Crippen LogP contribution in [0.2, 0.25) is 0 Å². The predicted molar refractivity (Wildman–Crippen MR) is 106 cm³/mol. The van der Waals surface area contributed by atoms with Crippen LogP contribution in [0.15, 0.2) is 42.5 Å². The van der Waals surface area contributed by atoms with Crippen LogP contribution in [-0.2, 0) is 0 Å². The van der Waals surface area contributed by atoms with Gasteiger partial charge in [-0.2, -0.15) is 0 Å². The van der Waals surface area contributed by atoms with Gasteiger partial charge in [-0.3, -0.25) is 4.79 Å². The van der Waals surface area contributed by atoms with E-state index in [1.165, 1.54) is 31.4 Å². The molecule has 2 N–H and O–H groups in total. The number of ketones is 1. The maximum absolute atomic E-state index is 12.4. The maximum atomic E-state index is 12.4. The minimum Gasteiger partial charge on any atom is -0.496 e. The van der Waals surface area contributed by atoms with Crippen LogP contribution >= 0.6 is 0 Å². The number of Topliss-reactive ketones (excluding diaryl/α,β-unsaturated/α-hetero) is 1. The number of methoxy groups -OCH3 is 1. The summed E-state index contributed by atoms with van der Waals surface area (Å²) in [5, 5.41) is 18.5. The number of aliphatic hydroxyl groups is 2. The van der Waals surface area contributed by atoms with Crippen molar-refractivity contribution in [1.29, 1.82) is 0 Å². The number of carbonyl (C=O) groups is 1. The zero-order chi connectivity index (χ0) is 22.1. The summed E-state index contributed by atoms with van der Waals surface area (Å²) < 4.78 is 45.8. The molecule has 30 heavy (non-hydrogen) atoms. The number of carbonyl (C=O) groups excluding carboxylic acids is 1. The largest absolute Gasteiger partial charge is 0.573 e. The molecule has 0 bridgehead atoms. The van der Waals surface area contributed by atoms with Gasteiger partial charge in [-0.05, 0) is 48.7 Å². The third-order valence-corrected chi connectivity index (χ3v) is 4.29. The summed E-state index contributed by atoms with van der Waals surface area (Å²) in [6, 6.07) is 10.3. The van der Waals surface area contributed by atoms with Gasteiger partial charge in [0.1, 0.15) is 11.5 Å². The molecule has 0 aliphatic carbocycles. The fourth-order valence-electron chi connectivity index (χ4n) is 2.74. The molecular weight excluding hydrogens is 401 g/mol. The van der Waals surface area contributed by atoms with E-state index in [2.05, 4.69) is 4.74 Å². The first-order chi connectivity index (χ1) is 14.2. The van der Waals surface area contributed by atoms with Crippen molar-refractivity contribution >= 4 is 17.9 Å². The van der Waals surface area contributed by atoms with Crippen molar-refractivity contribution in [2.45, 2.75) is 31.7 Å². The molecule has 5 nitrogen and oxygen atoms in total. The molecule has 2 aromatic carbocycles. The van der Waals surface area contributed by atoms with Gasteiger partial charge in [0.25, 0.3) is 0 Å². The Labute approximate surface area is 172 Å². The first kappa shape index (κ1) is 23.4. The molecular formula is C22H23F3O5. The Hall–Kier alpha value is -2.84. The number of halogens is 3. The Morgan fingerprint density at radius 2 is 1.80 bits per heavy atom. The lowest BCUT2D eigenvalue weighted by Gasteiger charge is -2.10. The first-order valence-electron chi connectivity index (χ1n) is 9.26. The molecule has 1 unspecified atom stereocenters. The molecule has 0 saturated carbocycles. The third-order valence-electron chi connectivity index (χ3n) is 4.29. The Kier molecular flexibility index (Phi) is 8.44. The van der Waals surface area contributed by atoms with Gasteiger partial charge in [0, 0.05) is 24.2 Å². The predicted octanol–water partition coefficient (Wildman–Crippen LogP) is 4.47. The van der Waals surface area contributed by atoms with Crippen LogP contribution in [0.4, 0.5) is 13.2 Å². The van der Waals surface area contributed by atoms with Gasteiger partial charge in [0.05, 0.1) is 13.2 Å². The molecule has 0 saturated heterocycles. The van der Waals surface area contributed by atoms with Crippen molar-refractivity contribution in [3.8, 4) is 11.5 Å². The number of hydrogen-bond acceptors (Lipinski definition) is 5. The van der Waals surface area contributed by atoms with Gasteiger partial charge >= 0.3 is 6.36 Å². The number of rotatable bonds is 10. The highest BCUT2D eigenvalue weighted by atomic mass is 19.4. The summed E-state index contributed by atoms with van der Waals surface area (Å²) in [4.78, 5) is 12.4. The van der Waals surface area contributed by atoms with E-state index in [9.17, 15) is 23.1 Å². The third kappa shape index (κ3) is 7.53. The minimum absolute atomic E-state index is 0.136. The summed E-state index contributed by atoms with van der Waals surface area (Å²) in [7, 11) is 1.49. The minimum atomic E-state index is -4.74. The van der Waals surface area contributed by atoms with E-state index >= 15 is 0 Å². The molecule has 0 aliphatic rings.